The van der Waals surface area contributed by atoms with E-state index >= 15 is 0 Å². The van der Waals surface area contributed by atoms with Gasteiger partial charge in [-0.25, -0.2) is 4.39 Å². The predicted molar refractivity (Wildman–Crippen MR) is 86.1 cm³/mol. The minimum absolute atomic E-state index is 0.0715. The first-order chi connectivity index (χ1) is 9.94. The van der Waals surface area contributed by atoms with E-state index in [-0.39, 0.29) is 11.4 Å². The van der Waals surface area contributed by atoms with Gasteiger partial charge in [0.25, 0.3) is 0 Å². The highest BCUT2D eigenvalue weighted by Crippen LogP contribution is 2.30. The minimum Gasteiger partial charge on any atom is -0.379 e. The summed E-state index contributed by atoms with van der Waals surface area (Å²) in [5.41, 5.74) is 5.48. The van der Waals surface area contributed by atoms with Crippen LogP contribution in [0.1, 0.15) is 32.8 Å². The third-order valence-corrected chi connectivity index (χ3v) is 4.47. The minimum atomic E-state index is -0.143. The Kier molecular flexibility index (Phi) is 2.39. The summed E-state index contributed by atoms with van der Waals surface area (Å²) in [6, 6.07) is 9.69. The molecule has 1 N–H and O–H groups in total. The number of hydrogen-bond donors (Lipinski definition) is 1. The fraction of sp³-hybridized carbons (Fsp3) is 0.263. The fourth-order valence-corrected chi connectivity index (χ4v) is 3.67. The Hall–Kier alpha value is -2.09. The van der Waals surface area contributed by atoms with E-state index in [1.54, 1.807) is 6.07 Å². The molecule has 0 saturated carbocycles. The number of hydrogen-bond acceptors (Lipinski definition) is 1. The van der Waals surface area contributed by atoms with E-state index in [9.17, 15) is 4.39 Å². The molecule has 2 aromatic carbocycles. The van der Waals surface area contributed by atoms with Crippen molar-refractivity contribution in [3.63, 3.8) is 0 Å². The van der Waals surface area contributed by atoms with E-state index in [1.807, 2.05) is 12.1 Å². The largest absolute Gasteiger partial charge is 0.379 e. The van der Waals surface area contributed by atoms with Crippen LogP contribution in [0.2, 0.25) is 0 Å². The number of nitrogens with one attached hydrogen (secondary N) is 1. The molecule has 0 unspecified atom stereocenters. The van der Waals surface area contributed by atoms with Gasteiger partial charge in [0.15, 0.2) is 0 Å². The van der Waals surface area contributed by atoms with Gasteiger partial charge in [0.2, 0.25) is 0 Å². The second-order valence-corrected chi connectivity index (χ2v) is 6.80. The van der Waals surface area contributed by atoms with Crippen molar-refractivity contribution in [1.29, 1.82) is 0 Å². The summed E-state index contributed by atoms with van der Waals surface area (Å²) < 4.78 is 14.0. The summed E-state index contributed by atoms with van der Waals surface area (Å²) in [5.74, 6) is -0.143. The summed E-state index contributed by atoms with van der Waals surface area (Å²) in [5, 5.41) is 5.97. The molecule has 0 amide bonds. The smallest absolute Gasteiger partial charge is 0.131 e. The Balaban J connectivity index is 2.03. The Morgan fingerprint density at radius 2 is 1.95 bits per heavy atom. The van der Waals surface area contributed by atoms with Crippen molar-refractivity contribution in [2.75, 3.05) is 5.32 Å². The average molecular weight is 279 g/mol. The average Bonchev–Trinajstić information content (AvgIpc) is 2.75. The second-order valence-electron chi connectivity index (χ2n) is 6.80. The van der Waals surface area contributed by atoms with Crippen LogP contribution >= 0.6 is 0 Å². The van der Waals surface area contributed by atoms with Crippen LogP contribution in [-0.4, -0.2) is 5.54 Å². The highest BCUT2D eigenvalue weighted by molar-refractivity contribution is 5.85. The van der Waals surface area contributed by atoms with E-state index in [0.29, 0.717) is 5.56 Å². The van der Waals surface area contributed by atoms with Crippen LogP contribution < -0.4 is 15.8 Å². The molecule has 21 heavy (non-hydrogen) atoms. The Morgan fingerprint density at radius 1 is 1.14 bits per heavy atom. The highest BCUT2D eigenvalue weighted by Gasteiger charge is 2.25. The molecule has 1 nitrogen and oxygen atoms in total. The van der Waals surface area contributed by atoms with Gasteiger partial charge in [-0.15, -0.1) is 0 Å². The number of benzene rings is 2. The lowest BCUT2D eigenvalue weighted by molar-refractivity contribution is 0.573. The second kappa shape index (κ2) is 3.97. The molecule has 2 aromatic rings. The van der Waals surface area contributed by atoms with Crippen LogP contribution in [0.3, 0.4) is 0 Å². The number of halogens is 1. The number of fused-ring (bicyclic) bond motifs is 4. The molecule has 0 radical (unpaired) electrons. The summed E-state index contributed by atoms with van der Waals surface area (Å²) in [7, 11) is 0. The van der Waals surface area contributed by atoms with Crippen LogP contribution in [0.15, 0.2) is 30.3 Å². The fourth-order valence-electron chi connectivity index (χ4n) is 3.67. The van der Waals surface area contributed by atoms with E-state index in [0.717, 1.165) is 28.5 Å². The maximum absolute atomic E-state index is 14.0. The van der Waals surface area contributed by atoms with Crippen LogP contribution in [0.4, 0.5) is 10.1 Å². The summed E-state index contributed by atoms with van der Waals surface area (Å²) >= 11 is 0. The number of rotatable bonds is 0. The van der Waals surface area contributed by atoms with Gasteiger partial charge >= 0.3 is 0 Å². The first-order valence-corrected chi connectivity index (χ1v) is 7.37. The van der Waals surface area contributed by atoms with Gasteiger partial charge in [-0.05, 0) is 73.0 Å². The lowest BCUT2D eigenvalue weighted by atomic mass is 9.89. The maximum Gasteiger partial charge on any atom is 0.131 e. The van der Waals surface area contributed by atoms with Crippen molar-refractivity contribution < 1.29 is 4.39 Å². The van der Waals surface area contributed by atoms with Gasteiger partial charge < -0.3 is 5.32 Å². The zero-order chi connectivity index (χ0) is 14.8. The zero-order valence-corrected chi connectivity index (χ0v) is 12.5. The van der Waals surface area contributed by atoms with Crippen molar-refractivity contribution in [2.24, 2.45) is 0 Å². The molecule has 0 saturated heterocycles. The SMILES string of the molecule is CC1=c2cc3c(cc2NC(C)(C)C1)=Cc1c(F)cccc1-3. The topological polar surface area (TPSA) is 12.0 Å². The molecule has 0 bridgehead atoms. The van der Waals surface area contributed by atoms with Crippen molar-refractivity contribution in [3.05, 3.63) is 52.1 Å². The molecular formula is C19H18FN. The first-order valence-electron chi connectivity index (χ1n) is 7.37. The van der Waals surface area contributed by atoms with Crippen molar-refractivity contribution >= 4 is 17.3 Å². The van der Waals surface area contributed by atoms with Crippen LogP contribution in [0.5, 0.6) is 0 Å². The molecule has 2 aliphatic rings. The first kappa shape index (κ1) is 12.6. The molecular weight excluding hydrogens is 261 g/mol. The molecule has 1 aliphatic carbocycles. The monoisotopic (exact) mass is 279 g/mol. The quantitative estimate of drug-likeness (QED) is 0.665. The highest BCUT2D eigenvalue weighted by atomic mass is 19.1. The van der Waals surface area contributed by atoms with Gasteiger partial charge in [-0.3, -0.25) is 0 Å². The summed E-state index contributed by atoms with van der Waals surface area (Å²) in [6.07, 6.45) is 2.98. The summed E-state index contributed by atoms with van der Waals surface area (Å²) in [4.78, 5) is 0. The lowest BCUT2D eigenvalue weighted by Gasteiger charge is -2.32. The molecule has 0 spiro atoms. The molecule has 0 aromatic heterocycles. The van der Waals surface area contributed by atoms with E-state index in [2.05, 4.69) is 38.2 Å². The molecule has 1 aliphatic heterocycles. The van der Waals surface area contributed by atoms with E-state index in [4.69, 9.17) is 0 Å². The zero-order valence-electron chi connectivity index (χ0n) is 12.5. The maximum atomic E-state index is 14.0. The standard InChI is InChI=1S/C19H18FN/c1-11-10-19(2,3)21-18-8-12-7-16-13(5-4-6-17(16)20)15(12)9-14(11)18/h4-9,21H,10H2,1-3H3. The van der Waals surface area contributed by atoms with Crippen molar-refractivity contribution in [2.45, 2.75) is 32.7 Å². The molecule has 4 rings (SSSR count). The molecule has 106 valence electrons. The molecule has 0 fully saturated rings. The van der Waals surface area contributed by atoms with Crippen molar-refractivity contribution in [1.82, 2.24) is 0 Å². The van der Waals surface area contributed by atoms with Crippen LogP contribution in [0.25, 0.3) is 22.8 Å². The van der Waals surface area contributed by atoms with Gasteiger partial charge in [-0.2, -0.15) is 0 Å². The van der Waals surface area contributed by atoms with Crippen LogP contribution in [0, 0.1) is 5.82 Å². The molecule has 2 heteroatoms. The Morgan fingerprint density at radius 3 is 2.76 bits per heavy atom. The van der Waals surface area contributed by atoms with Gasteiger partial charge in [0.1, 0.15) is 5.82 Å². The Labute approximate surface area is 123 Å². The van der Waals surface area contributed by atoms with Crippen molar-refractivity contribution in [3.8, 4) is 11.1 Å². The van der Waals surface area contributed by atoms with Gasteiger partial charge in [0.05, 0.1) is 0 Å². The third-order valence-electron chi connectivity index (χ3n) is 4.47. The van der Waals surface area contributed by atoms with Gasteiger partial charge in [-0.1, -0.05) is 17.7 Å². The third kappa shape index (κ3) is 1.82. The summed E-state index contributed by atoms with van der Waals surface area (Å²) in [6.45, 7) is 6.62. The van der Waals surface area contributed by atoms with Crippen LogP contribution in [-0.2, 0) is 0 Å². The van der Waals surface area contributed by atoms with E-state index in [1.165, 1.54) is 16.9 Å². The van der Waals surface area contributed by atoms with Gasteiger partial charge in [0, 0.05) is 16.8 Å². The normalized spacial score (nSPS) is 17.4. The lowest BCUT2D eigenvalue weighted by Crippen LogP contribution is -2.39. The van der Waals surface area contributed by atoms with E-state index < -0.39 is 0 Å². The molecule has 1 heterocycles. The predicted octanol–water partition coefficient (Wildman–Crippen LogP) is 3.40. The number of anilines is 1. The molecule has 0 atom stereocenters. The Bertz CT molecular complexity index is 891.